The number of nitrogens with zero attached hydrogens (tertiary/aromatic N) is 2. The van der Waals surface area contributed by atoms with Crippen LogP contribution in [-0.4, -0.2) is 9.97 Å². The highest BCUT2D eigenvalue weighted by Gasteiger charge is 2.00. The average Bonchev–Trinajstić information content (AvgIpc) is 2.55. The zero-order valence-corrected chi connectivity index (χ0v) is 11.8. The zero-order chi connectivity index (χ0) is 13.6. The van der Waals surface area contributed by atoms with Gasteiger partial charge in [-0.25, -0.2) is 9.97 Å². The van der Waals surface area contributed by atoms with Gasteiger partial charge in [-0.1, -0.05) is 66.4 Å². The van der Waals surface area contributed by atoms with E-state index in [0.29, 0.717) is 0 Å². The Bertz CT molecular complexity index is 652. The van der Waals surface area contributed by atoms with Crippen molar-refractivity contribution in [3.63, 3.8) is 0 Å². The molecule has 0 aliphatic carbocycles. The van der Waals surface area contributed by atoms with Crippen LogP contribution in [0.5, 0.6) is 0 Å². The first kappa shape index (κ1) is 12.9. The van der Waals surface area contributed by atoms with Crippen LogP contribution in [0, 0.1) is 0 Å². The van der Waals surface area contributed by atoms with Crippen LogP contribution in [0.3, 0.4) is 0 Å². The molecule has 0 spiro atoms. The molecule has 0 radical (unpaired) electrons. The van der Waals surface area contributed by atoms with Gasteiger partial charge in [-0.15, -0.1) is 0 Å². The van der Waals surface area contributed by atoms with E-state index in [1.165, 1.54) is 16.7 Å². The fourth-order valence-electron chi connectivity index (χ4n) is 1.93. The Hall–Kier alpha value is -2.13. The van der Waals surface area contributed by atoms with Crippen LogP contribution in [-0.2, 0) is 5.75 Å². The van der Waals surface area contributed by atoms with Crippen LogP contribution in [0.1, 0.15) is 5.56 Å². The van der Waals surface area contributed by atoms with Gasteiger partial charge in [-0.3, -0.25) is 0 Å². The van der Waals surface area contributed by atoms with Crippen LogP contribution >= 0.6 is 11.8 Å². The Morgan fingerprint density at radius 3 is 2.05 bits per heavy atom. The second-order valence-corrected chi connectivity index (χ2v) is 5.33. The molecule has 1 aromatic heterocycles. The van der Waals surface area contributed by atoms with E-state index in [0.717, 1.165) is 10.9 Å². The summed E-state index contributed by atoms with van der Waals surface area (Å²) in [6.07, 6.45) is 3.54. The molecule has 0 aliphatic heterocycles. The highest BCUT2D eigenvalue weighted by Crippen LogP contribution is 2.22. The van der Waals surface area contributed by atoms with E-state index < -0.39 is 0 Å². The number of hydrogen-bond donors (Lipinski definition) is 0. The molecule has 2 aromatic carbocycles. The topological polar surface area (TPSA) is 25.8 Å². The highest BCUT2D eigenvalue weighted by atomic mass is 32.2. The smallest absolute Gasteiger partial charge is 0.187 e. The lowest BCUT2D eigenvalue weighted by molar-refractivity contribution is 0.966. The third-order valence-corrected chi connectivity index (χ3v) is 3.92. The van der Waals surface area contributed by atoms with E-state index in [4.69, 9.17) is 0 Å². The van der Waals surface area contributed by atoms with Crippen molar-refractivity contribution < 1.29 is 0 Å². The zero-order valence-electron chi connectivity index (χ0n) is 10.9. The monoisotopic (exact) mass is 278 g/mol. The fraction of sp³-hybridized carbons (Fsp3) is 0.0588. The van der Waals surface area contributed by atoms with Gasteiger partial charge < -0.3 is 0 Å². The molecule has 2 nitrogen and oxygen atoms in total. The van der Waals surface area contributed by atoms with Crippen molar-refractivity contribution >= 4 is 11.8 Å². The predicted octanol–water partition coefficient (Wildman–Crippen LogP) is 4.44. The Kier molecular flexibility index (Phi) is 4.09. The van der Waals surface area contributed by atoms with Crippen molar-refractivity contribution in [1.29, 1.82) is 0 Å². The molecule has 0 N–H and O–H groups in total. The quantitative estimate of drug-likeness (QED) is 0.521. The molecule has 0 amide bonds. The first-order valence-corrected chi connectivity index (χ1v) is 7.44. The Morgan fingerprint density at radius 2 is 1.35 bits per heavy atom. The molecule has 0 fully saturated rings. The first-order chi connectivity index (χ1) is 9.92. The van der Waals surface area contributed by atoms with Crippen molar-refractivity contribution in [2.24, 2.45) is 0 Å². The van der Waals surface area contributed by atoms with Gasteiger partial charge >= 0.3 is 0 Å². The van der Waals surface area contributed by atoms with Crippen molar-refractivity contribution in [3.05, 3.63) is 78.6 Å². The lowest BCUT2D eigenvalue weighted by Crippen LogP contribution is -1.86. The van der Waals surface area contributed by atoms with Crippen molar-refractivity contribution in [2.45, 2.75) is 10.9 Å². The molecule has 0 aliphatic rings. The van der Waals surface area contributed by atoms with Gasteiger partial charge in [0.25, 0.3) is 0 Å². The van der Waals surface area contributed by atoms with E-state index in [2.05, 4.69) is 58.5 Å². The van der Waals surface area contributed by atoms with Gasteiger partial charge in [0.15, 0.2) is 5.16 Å². The molecule has 3 heteroatoms. The SMILES string of the molecule is c1ccc(-c2ccc(CSc3ncccn3)cc2)cc1. The molecular weight excluding hydrogens is 264 g/mol. The summed E-state index contributed by atoms with van der Waals surface area (Å²) in [4.78, 5) is 8.42. The molecule has 98 valence electrons. The number of benzene rings is 2. The number of hydrogen-bond acceptors (Lipinski definition) is 3. The van der Waals surface area contributed by atoms with Crippen molar-refractivity contribution in [1.82, 2.24) is 9.97 Å². The van der Waals surface area contributed by atoms with E-state index in [-0.39, 0.29) is 0 Å². The van der Waals surface area contributed by atoms with Crippen LogP contribution in [0.15, 0.2) is 78.2 Å². The van der Waals surface area contributed by atoms with Crippen LogP contribution in [0.4, 0.5) is 0 Å². The summed E-state index contributed by atoms with van der Waals surface area (Å²) in [5.41, 5.74) is 3.77. The first-order valence-electron chi connectivity index (χ1n) is 6.46. The normalized spacial score (nSPS) is 10.4. The summed E-state index contributed by atoms with van der Waals surface area (Å²) in [5, 5.41) is 0.819. The Labute approximate surface area is 122 Å². The third-order valence-electron chi connectivity index (χ3n) is 2.97. The molecule has 20 heavy (non-hydrogen) atoms. The average molecular weight is 278 g/mol. The van der Waals surface area contributed by atoms with Crippen molar-refractivity contribution in [3.8, 4) is 11.1 Å². The molecule has 0 saturated heterocycles. The maximum absolute atomic E-state index is 4.21. The molecule has 0 bridgehead atoms. The minimum absolute atomic E-state index is 0.819. The third kappa shape index (κ3) is 3.25. The van der Waals surface area contributed by atoms with Crippen LogP contribution in [0.25, 0.3) is 11.1 Å². The van der Waals surface area contributed by atoms with E-state index in [1.54, 1.807) is 24.2 Å². The van der Waals surface area contributed by atoms with Gasteiger partial charge in [-0.05, 0) is 22.8 Å². The summed E-state index contributed by atoms with van der Waals surface area (Å²) < 4.78 is 0. The molecular formula is C17H14N2S. The summed E-state index contributed by atoms with van der Waals surface area (Å²) in [7, 11) is 0. The lowest BCUT2D eigenvalue weighted by Gasteiger charge is -2.04. The minimum atomic E-state index is 0.819. The second kappa shape index (κ2) is 6.35. The largest absolute Gasteiger partial charge is 0.231 e. The maximum atomic E-state index is 4.21. The van der Waals surface area contributed by atoms with E-state index in [1.807, 2.05) is 12.1 Å². The Morgan fingerprint density at radius 1 is 0.700 bits per heavy atom. The van der Waals surface area contributed by atoms with E-state index >= 15 is 0 Å². The highest BCUT2D eigenvalue weighted by molar-refractivity contribution is 7.98. The standard InChI is InChI=1S/C17H14N2S/c1-2-5-15(6-3-1)16-9-7-14(8-10-16)13-20-17-18-11-4-12-19-17/h1-12H,13H2. The second-order valence-electron chi connectivity index (χ2n) is 4.38. The molecule has 1 heterocycles. The summed E-state index contributed by atoms with van der Waals surface area (Å²) >= 11 is 1.65. The van der Waals surface area contributed by atoms with Gasteiger partial charge in [0.1, 0.15) is 0 Å². The van der Waals surface area contributed by atoms with Gasteiger partial charge in [-0.2, -0.15) is 0 Å². The number of thioether (sulfide) groups is 1. The lowest BCUT2D eigenvalue weighted by atomic mass is 10.0. The molecule has 0 saturated carbocycles. The van der Waals surface area contributed by atoms with Crippen LogP contribution in [0.2, 0.25) is 0 Å². The predicted molar refractivity (Wildman–Crippen MR) is 83.5 cm³/mol. The van der Waals surface area contributed by atoms with Gasteiger partial charge in [0.05, 0.1) is 0 Å². The molecule has 0 atom stereocenters. The molecule has 3 aromatic rings. The number of aromatic nitrogens is 2. The summed E-state index contributed by atoms with van der Waals surface area (Å²) in [6.45, 7) is 0. The van der Waals surface area contributed by atoms with E-state index in [9.17, 15) is 0 Å². The minimum Gasteiger partial charge on any atom is -0.231 e. The maximum Gasteiger partial charge on any atom is 0.187 e. The number of rotatable bonds is 4. The summed E-state index contributed by atoms with van der Waals surface area (Å²) in [6, 6.07) is 20.9. The van der Waals surface area contributed by atoms with Crippen LogP contribution < -0.4 is 0 Å². The van der Waals surface area contributed by atoms with Gasteiger partial charge in [0, 0.05) is 18.1 Å². The van der Waals surface area contributed by atoms with Gasteiger partial charge in [0.2, 0.25) is 0 Å². The summed E-state index contributed by atoms with van der Waals surface area (Å²) in [5.74, 6) is 0.888. The molecule has 0 unspecified atom stereocenters. The molecule has 3 rings (SSSR count). The fourth-order valence-corrected chi connectivity index (χ4v) is 2.69. The Balaban J connectivity index is 1.68. The van der Waals surface area contributed by atoms with Crippen molar-refractivity contribution in [2.75, 3.05) is 0 Å².